The van der Waals surface area contributed by atoms with E-state index in [-0.39, 0.29) is 0 Å². The van der Waals surface area contributed by atoms with Crippen LogP contribution in [0.15, 0.2) is 22.5 Å². The van der Waals surface area contributed by atoms with Crippen molar-refractivity contribution in [2.75, 3.05) is 7.05 Å². The monoisotopic (exact) mass is 265 g/mol. The maximum Gasteiger partial charge on any atom is 0.349 e. The van der Waals surface area contributed by atoms with Crippen LogP contribution in [-0.4, -0.2) is 36.0 Å². The van der Waals surface area contributed by atoms with E-state index in [1.54, 1.807) is 0 Å². The zero-order chi connectivity index (χ0) is 13.1. The summed E-state index contributed by atoms with van der Waals surface area (Å²) < 4.78 is 0. The van der Waals surface area contributed by atoms with E-state index in [1.807, 2.05) is 17.5 Å². The lowest BCUT2D eigenvalue weighted by molar-refractivity contribution is -0.136. The number of carbonyl (C=O) groups is 3. The van der Waals surface area contributed by atoms with Crippen molar-refractivity contribution in [3.05, 3.63) is 22.4 Å². The molecule has 1 aliphatic heterocycles. The molecule has 1 aromatic rings. The molecular formula is C11H11N3O3S. The highest BCUT2D eigenvalue weighted by Crippen LogP contribution is 2.10. The van der Waals surface area contributed by atoms with Gasteiger partial charge >= 0.3 is 6.03 Å². The molecule has 1 unspecified atom stereocenters. The van der Waals surface area contributed by atoms with Crippen molar-refractivity contribution in [3.8, 4) is 0 Å². The molecule has 1 atom stereocenters. The topological polar surface area (TPSA) is 78.8 Å². The third-order valence-corrected chi connectivity index (χ3v) is 3.39. The minimum Gasteiger partial charge on any atom is -0.350 e. The Morgan fingerprint density at radius 1 is 1.56 bits per heavy atom. The van der Waals surface area contributed by atoms with Gasteiger partial charge in [0, 0.05) is 18.1 Å². The number of nitrogens with zero attached hydrogens (tertiary/aromatic N) is 2. The summed E-state index contributed by atoms with van der Waals surface area (Å²) in [6.45, 7) is 0.367. The van der Waals surface area contributed by atoms with E-state index in [4.69, 9.17) is 0 Å². The van der Waals surface area contributed by atoms with Crippen LogP contribution < -0.4 is 5.32 Å². The molecule has 0 radical (unpaired) electrons. The fourth-order valence-corrected chi connectivity index (χ4v) is 2.11. The van der Waals surface area contributed by atoms with Gasteiger partial charge in [-0.3, -0.25) is 14.5 Å². The summed E-state index contributed by atoms with van der Waals surface area (Å²) in [5.74, 6) is -2.03. The van der Waals surface area contributed by atoms with Crippen LogP contribution in [-0.2, 0) is 16.1 Å². The van der Waals surface area contributed by atoms with E-state index < -0.39 is 23.8 Å². The fraction of sp³-hybridized carbons (Fsp3) is 0.273. The summed E-state index contributed by atoms with van der Waals surface area (Å²) in [6.07, 6.45) is 1.09. The SMILES string of the molecule is CN1C(=O)N=CC(C(=O)NCc2cccs2)C1=O. The van der Waals surface area contributed by atoms with Crippen LogP contribution in [0.1, 0.15) is 4.88 Å². The molecule has 2 heterocycles. The molecule has 2 rings (SSSR count). The van der Waals surface area contributed by atoms with Crippen molar-refractivity contribution in [1.29, 1.82) is 0 Å². The molecule has 18 heavy (non-hydrogen) atoms. The van der Waals surface area contributed by atoms with Gasteiger partial charge < -0.3 is 5.32 Å². The molecule has 4 amide bonds. The molecule has 94 valence electrons. The third kappa shape index (κ3) is 2.45. The van der Waals surface area contributed by atoms with Gasteiger partial charge in [0.2, 0.25) is 11.8 Å². The van der Waals surface area contributed by atoms with Crippen LogP contribution in [0.3, 0.4) is 0 Å². The first-order valence-electron chi connectivity index (χ1n) is 5.25. The highest BCUT2D eigenvalue weighted by atomic mass is 32.1. The van der Waals surface area contributed by atoms with Gasteiger partial charge in [-0.2, -0.15) is 0 Å². The Hall–Kier alpha value is -2.02. The largest absolute Gasteiger partial charge is 0.350 e. The highest BCUT2D eigenvalue weighted by molar-refractivity contribution is 7.09. The Kier molecular flexibility index (Phi) is 3.52. The molecule has 0 spiro atoms. The molecule has 0 aliphatic carbocycles. The predicted octanol–water partition coefficient (Wildman–Crippen LogP) is 0.643. The number of urea groups is 1. The summed E-state index contributed by atoms with van der Waals surface area (Å²) in [4.78, 5) is 39.9. The Bertz CT molecular complexity index is 510. The van der Waals surface area contributed by atoms with Gasteiger partial charge in [0.15, 0.2) is 5.92 Å². The van der Waals surface area contributed by atoms with Gasteiger partial charge in [0.1, 0.15) is 0 Å². The zero-order valence-corrected chi connectivity index (χ0v) is 10.4. The fourth-order valence-electron chi connectivity index (χ4n) is 1.47. The second-order valence-electron chi connectivity index (χ2n) is 3.73. The predicted molar refractivity (Wildman–Crippen MR) is 66.3 cm³/mol. The molecule has 7 heteroatoms. The number of hydrogen-bond acceptors (Lipinski definition) is 4. The average molecular weight is 265 g/mol. The minimum absolute atomic E-state index is 0.367. The maximum absolute atomic E-state index is 11.8. The normalized spacial score (nSPS) is 19.2. The second kappa shape index (κ2) is 5.09. The summed E-state index contributed by atoms with van der Waals surface area (Å²) in [5, 5.41) is 4.55. The number of thiophene rings is 1. The third-order valence-electron chi connectivity index (χ3n) is 2.52. The molecule has 0 saturated carbocycles. The van der Waals surface area contributed by atoms with Crippen LogP contribution in [0, 0.1) is 5.92 Å². The van der Waals surface area contributed by atoms with Crippen molar-refractivity contribution in [2.24, 2.45) is 10.9 Å². The van der Waals surface area contributed by atoms with E-state index in [2.05, 4.69) is 10.3 Å². The Balaban J connectivity index is 1.99. The molecular weight excluding hydrogens is 254 g/mol. The molecule has 0 saturated heterocycles. The number of aliphatic imine (C=N–C) groups is 1. The van der Waals surface area contributed by atoms with Gasteiger partial charge in [-0.05, 0) is 11.4 Å². The average Bonchev–Trinajstić information content (AvgIpc) is 2.86. The first-order valence-corrected chi connectivity index (χ1v) is 6.13. The van der Waals surface area contributed by atoms with Crippen molar-refractivity contribution < 1.29 is 14.4 Å². The van der Waals surface area contributed by atoms with Crippen molar-refractivity contribution in [2.45, 2.75) is 6.54 Å². The lowest BCUT2D eigenvalue weighted by Crippen LogP contribution is -2.47. The molecule has 0 aromatic carbocycles. The molecule has 6 nitrogen and oxygen atoms in total. The quantitative estimate of drug-likeness (QED) is 0.815. The van der Waals surface area contributed by atoms with Crippen LogP contribution >= 0.6 is 11.3 Å². The van der Waals surface area contributed by atoms with Crippen LogP contribution in [0.2, 0.25) is 0 Å². The second-order valence-corrected chi connectivity index (χ2v) is 4.77. The molecule has 1 aliphatic rings. The van der Waals surface area contributed by atoms with Gasteiger partial charge in [-0.25, -0.2) is 9.79 Å². The van der Waals surface area contributed by atoms with E-state index in [0.29, 0.717) is 6.54 Å². The van der Waals surface area contributed by atoms with E-state index in [0.717, 1.165) is 16.0 Å². The minimum atomic E-state index is -1.02. The summed E-state index contributed by atoms with van der Waals surface area (Å²) in [6, 6.07) is 3.12. The Morgan fingerprint density at radius 3 is 3.00 bits per heavy atom. The van der Waals surface area contributed by atoms with Crippen molar-refractivity contribution in [3.63, 3.8) is 0 Å². The van der Waals surface area contributed by atoms with Crippen LogP contribution in [0.25, 0.3) is 0 Å². The smallest absolute Gasteiger partial charge is 0.349 e. The van der Waals surface area contributed by atoms with Crippen LogP contribution in [0.5, 0.6) is 0 Å². The van der Waals surface area contributed by atoms with Gasteiger partial charge in [-0.1, -0.05) is 6.07 Å². The summed E-state index contributed by atoms with van der Waals surface area (Å²) >= 11 is 1.52. The van der Waals surface area contributed by atoms with E-state index in [9.17, 15) is 14.4 Å². The lowest BCUT2D eigenvalue weighted by Gasteiger charge is -2.21. The first kappa shape index (κ1) is 12.4. The van der Waals surface area contributed by atoms with Gasteiger partial charge in [-0.15, -0.1) is 11.3 Å². The molecule has 0 bridgehead atoms. The van der Waals surface area contributed by atoms with Gasteiger partial charge in [0.25, 0.3) is 0 Å². The van der Waals surface area contributed by atoms with Crippen molar-refractivity contribution in [1.82, 2.24) is 10.2 Å². The lowest BCUT2D eigenvalue weighted by atomic mass is 10.1. The van der Waals surface area contributed by atoms with Crippen molar-refractivity contribution >= 4 is 35.4 Å². The number of rotatable bonds is 3. The van der Waals surface area contributed by atoms with E-state index >= 15 is 0 Å². The number of imide groups is 1. The van der Waals surface area contributed by atoms with E-state index in [1.165, 1.54) is 18.4 Å². The standard InChI is InChI=1S/C11H11N3O3S/c1-14-10(16)8(6-13-11(14)17)9(15)12-5-7-3-2-4-18-7/h2-4,6,8H,5H2,1H3,(H,12,15). The van der Waals surface area contributed by atoms with Crippen LogP contribution in [0.4, 0.5) is 4.79 Å². The van der Waals surface area contributed by atoms with Gasteiger partial charge in [0.05, 0.1) is 6.54 Å². The molecule has 1 aromatic heterocycles. The number of nitrogens with one attached hydrogen (secondary N) is 1. The number of amides is 4. The number of carbonyl (C=O) groups excluding carboxylic acids is 3. The zero-order valence-electron chi connectivity index (χ0n) is 9.62. The summed E-state index contributed by atoms with van der Waals surface area (Å²) in [7, 11) is 1.31. The molecule has 1 N–H and O–H groups in total. The molecule has 0 fully saturated rings. The Labute approximate surface area is 107 Å². The first-order chi connectivity index (χ1) is 8.59. The Morgan fingerprint density at radius 2 is 2.33 bits per heavy atom. The summed E-state index contributed by atoms with van der Waals surface area (Å²) in [5.41, 5.74) is 0. The maximum atomic E-state index is 11.8. The highest BCUT2D eigenvalue weighted by Gasteiger charge is 2.33. The number of hydrogen-bond donors (Lipinski definition) is 1.